The molecule has 0 spiro atoms. The molecule has 0 radical (unpaired) electrons. The number of hydrogen-bond acceptors (Lipinski definition) is 4. The molecule has 2 rings (SSSR count). The van der Waals surface area contributed by atoms with Crippen molar-refractivity contribution in [2.75, 3.05) is 0 Å². The summed E-state index contributed by atoms with van der Waals surface area (Å²) in [6.07, 6.45) is 1.77. The van der Waals surface area contributed by atoms with Crippen LogP contribution in [0, 0.1) is 0 Å². The van der Waals surface area contributed by atoms with Gasteiger partial charge in [0.15, 0.2) is 0 Å². The molecule has 5 nitrogen and oxygen atoms in total. The smallest absolute Gasteiger partial charge is 0.249 e. The number of nitrogens with two attached hydrogens (primary N) is 2. The van der Waals surface area contributed by atoms with Gasteiger partial charge in [-0.05, 0) is 12.1 Å². The van der Waals surface area contributed by atoms with Gasteiger partial charge in [-0.25, -0.2) is 0 Å². The van der Waals surface area contributed by atoms with Gasteiger partial charge < -0.3 is 11.5 Å². The lowest BCUT2D eigenvalue weighted by Gasteiger charge is -2.00. The van der Waals surface area contributed by atoms with Crippen LogP contribution in [-0.2, 0) is 0 Å². The van der Waals surface area contributed by atoms with Crippen LogP contribution in [0.25, 0.3) is 0 Å². The normalized spacial score (nSPS) is 8.94. The molecule has 4 N–H and O–H groups in total. The Morgan fingerprint density at radius 2 is 1.59 bits per heavy atom. The number of carbonyl (C=O) groups excluding carboxylic acids is 2. The van der Waals surface area contributed by atoms with E-state index in [1.165, 1.54) is 12.1 Å². The first-order chi connectivity index (χ1) is 8.13. The van der Waals surface area contributed by atoms with E-state index in [0.29, 0.717) is 0 Å². The molecule has 0 bridgehead atoms. The fourth-order valence-corrected chi connectivity index (χ4v) is 1.44. The Bertz CT molecular complexity index is 447. The monoisotopic (exact) mass is 249 g/mol. The van der Waals surface area contributed by atoms with Crippen molar-refractivity contribution in [3.8, 4) is 0 Å². The van der Waals surface area contributed by atoms with Gasteiger partial charge in [-0.1, -0.05) is 12.1 Å². The molecule has 0 aliphatic heterocycles. The molecule has 2 aromatic rings. The first-order valence-electron chi connectivity index (χ1n) is 4.63. The van der Waals surface area contributed by atoms with Crippen molar-refractivity contribution in [1.29, 1.82) is 0 Å². The molecule has 1 aromatic heterocycles. The van der Waals surface area contributed by atoms with E-state index in [4.69, 9.17) is 11.5 Å². The minimum atomic E-state index is -0.649. The lowest BCUT2D eigenvalue weighted by Crippen LogP contribution is -2.20. The first-order valence-corrected chi connectivity index (χ1v) is 5.58. The maximum atomic E-state index is 10.7. The highest BCUT2D eigenvalue weighted by Crippen LogP contribution is 2.06. The molecule has 0 fully saturated rings. The van der Waals surface area contributed by atoms with Crippen LogP contribution < -0.4 is 11.5 Å². The number of benzene rings is 1. The van der Waals surface area contributed by atoms with Crippen LogP contribution in [0.1, 0.15) is 20.7 Å². The summed E-state index contributed by atoms with van der Waals surface area (Å²) in [7, 11) is 0. The second-order valence-electron chi connectivity index (χ2n) is 2.95. The number of aromatic nitrogens is 1. The maximum absolute atomic E-state index is 10.7. The summed E-state index contributed by atoms with van der Waals surface area (Å²) in [6.45, 7) is 0. The Morgan fingerprint density at radius 1 is 1.06 bits per heavy atom. The predicted octanol–water partition coefficient (Wildman–Crippen LogP) is 1.03. The Morgan fingerprint density at radius 3 is 1.82 bits per heavy atom. The van der Waals surface area contributed by atoms with Gasteiger partial charge in [0.2, 0.25) is 11.8 Å². The molecule has 0 atom stereocenters. The Labute approximate surface area is 102 Å². The predicted molar refractivity (Wildman–Crippen MR) is 65.6 cm³/mol. The molecular formula is C11H11N3O2S. The highest BCUT2D eigenvalue weighted by molar-refractivity contribution is 7.07. The molecule has 17 heavy (non-hydrogen) atoms. The van der Waals surface area contributed by atoms with Gasteiger partial charge >= 0.3 is 0 Å². The second kappa shape index (κ2) is 6.39. The van der Waals surface area contributed by atoms with Crippen molar-refractivity contribution < 1.29 is 9.59 Å². The van der Waals surface area contributed by atoms with Gasteiger partial charge in [-0.2, -0.15) is 0 Å². The fourth-order valence-electron chi connectivity index (χ4n) is 1.09. The van der Waals surface area contributed by atoms with Crippen LogP contribution in [0.15, 0.2) is 41.4 Å². The van der Waals surface area contributed by atoms with Gasteiger partial charge in [0.25, 0.3) is 0 Å². The quantitative estimate of drug-likeness (QED) is 0.831. The van der Waals surface area contributed by atoms with Crippen molar-refractivity contribution in [3.05, 3.63) is 52.5 Å². The van der Waals surface area contributed by atoms with Crippen LogP contribution in [-0.4, -0.2) is 16.8 Å². The van der Waals surface area contributed by atoms with Gasteiger partial charge in [-0.3, -0.25) is 14.6 Å². The van der Waals surface area contributed by atoms with E-state index < -0.39 is 11.8 Å². The third-order valence-electron chi connectivity index (χ3n) is 1.81. The van der Waals surface area contributed by atoms with Gasteiger partial charge in [0.05, 0.1) is 16.6 Å². The van der Waals surface area contributed by atoms with Crippen LogP contribution in [0.5, 0.6) is 0 Å². The third kappa shape index (κ3) is 4.04. The summed E-state index contributed by atoms with van der Waals surface area (Å²) in [5.41, 5.74) is 12.1. The van der Waals surface area contributed by atoms with Crippen molar-refractivity contribution in [1.82, 2.24) is 4.98 Å². The largest absolute Gasteiger partial charge is 0.366 e. The summed E-state index contributed by atoms with van der Waals surface area (Å²) >= 11 is 1.60. The second-order valence-corrected chi connectivity index (χ2v) is 3.70. The fraction of sp³-hybridized carbons (Fsp3) is 0. The zero-order chi connectivity index (χ0) is 12.7. The number of rotatable bonds is 2. The average Bonchev–Trinajstić information content (AvgIpc) is 2.87. The third-order valence-corrected chi connectivity index (χ3v) is 2.33. The first kappa shape index (κ1) is 12.9. The molecule has 0 saturated heterocycles. The highest BCUT2D eigenvalue weighted by atomic mass is 32.1. The molecule has 0 aliphatic carbocycles. The molecule has 2 amide bonds. The summed E-state index contributed by atoms with van der Waals surface area (Å²) in [4.78, 5) is 25.2. The molecule has 88 valence electrons. The van der Waals surface area contributed by atoms with Crippen molar-refractivity contribution in [2.45, 2.75) is 0 Å². The van der Waals surface area contributed by atoms with Crippen LogP contribution >= 0.6 is 11.3 Å². The average molecular weight is 249 g/mol. The van der Waals surface area contributed by atoms with Crippen LogP contribution in [0.2, 0.25) is 0 Å². The minimum absolute atomic E-state index is 0.157. The summed E-state index contributed by atoms with van der Waals surface area (Å²) in [6, 6.07) is 6.16. The molecule has 1 heterocycles. The van der Waals surface area contributed by atoms with Crippen molar-refractivity contribution in [3.63, 3.8) is 0 Å². The summed E-state index contributed by atoms with van der Waals surface area (Å²) in [5.74, 6) is -1.30. The SMILES string of the molecule is NC(=O)c1ccccc1C(N)=O.c1cscn1. The molecule has 0 aliphatic rings. The van der Waals surface area contributed by atoms with Gasteiger partial charge in [0.1, 0.15) is 0 Å². The number of amides is 2. The standard InChI is InChI=1S/C8H8N2O2.C3H3NS/c9-7(11)5-3-1-2-4-6(5)8(10)12;1-2-5-3-4-1/h1-4H,(H2,9,11)(H2,10,12);1-3H. The van der Waals surface area contributed by atoms with E-state index in [0.717, 1.165) is 0 Å². The molecule has 0 unspecified atom stereocenters. The minimum Gasteiger partial charge on any atom is -0.366 e. The Hall–Kier alpha value is -2.21. The Balaban J connectivity index is 0.000000239. The lowest BCUT2D eigenvalue weighted by molar-refractivity contribution is 0.0967. The number of thiazole rings is 1. The highest BCUT2D eigenvalue weighted by Gasteiger charge is 2.10. The molecule has 0 saturated carbocycles. The number of primary amides is 2. The van der Waals surface area contributed by atoms with Crippen LogP contribution in [0.3, 0.4) is 0 Å². The van der Waals surface area contributed by atoms with E-state index in [1.54, 1.807) is 35.2 Å². The maximum Gasteiger partial charge on any atom is 0.249 e. The number of nitrogens with zero attached hydrogens (tertiary/aromatic N) is 1. The van der Waals surface area contributed by atoms with Crippen LogP contribution in [0.4, 0.5) is 0 Å². The van der Waals surface area contributed by atoms with E-state index in [9.17, 15) is 9.59 Å². The van der Waals surface area contributed by atoms with Gasteiger partial charge in [-0.15, -0.1) is 11.3 Å². The zero-order valence-electron chi connectivity index (χ0n) is 8.87. The van der Waals surface area contributed by atoms with E-state index in [2.05, 4.69) is 4.98 Å². The summed E-state index contributed by atoms with van der Waals surface area (Å²) < 4.78 is 0. The molecular weight excluding hydrogens is 238 g/mol. The van der Waals surface area contributed by atoms with Crippen molar-refractivity contribution in [2.24, 2.45) is 11.5 Å². The van der Waals surface area contributed by atoms with E-state index in [1.807, 2.05) is 5.38 Å². The summed E-state index contributed by atoms with van der Waals surface area (Å²) in [5, 5.41) is 1.93. The number of carbonyl (C=O) groups is 2. The zero-order valence-corrected chi connectivity index (χ0v) is 9.68. The van der Waals surface area contributed by atoms with E-state index in [-0.39, 0.29) is 11.1 Å². The Kier molecular flexibility index (Phi) is 4.83. The lowest BCUT2D eigenvalue weighted by atomic mass is 10.1. The topological polar surface area (TPSA) is 99.1 Å². The molecule has 6 heteroatoms. The molecule has 1 aromatic carbocycles. The van der Waals surface area contributed by atoms with Crippen molar-refractivity contribution >= 4 is 23.2 Å². The number of hydrogen-bond donors (Lipinski definition) is 2. The van der Waals surface area contributed by atoms with E-state index >= 15 is 0 Å². The van der Waals surface area contributed by atoms with Gasteiger partial charge in [0, 0.05) is 11.6 Å².